The Hall–Kier alpha value is -4.74. The molecule has 0 bridgehead atoms. The van der Waals surface area contributed by atoms with Crippen LogP contribution in [-0.2, 0) is 5.41 Å². The lowest BCUT2D eigenvalue weighted by atomic mass is 9.90. The maximum absolute atomic E-state index is 11.1. The van der Waals surface area contributed by atoms with E-state index in [9.17, 15) is 20.2 Å². The van der Waals surface area contributed by atoms with Crippen LogP contribution in [0.2, 0.25) is 0 Å². The fourth-order valence-corrected chi connectivity index (χ4v) is 3.04. The molecule has 4 aromatic heterocycles. The average molecular weight is 444 g/mol. The second-order valence-corrected chi connectivity index (χ2v) is 7.43. The summed E-state index contributed by atoms with van der Waals surface area (Å²) in [5.74, 6) is 0.176. The monoisotopic (exact) mass is 444 g/mol. The quantitative estimate of drug-likeness (QED) is 0.317. The van der Waals surface area contributed by atoms with Crippen molar-refractivity contribution < 1.29 is 9.85 Å². The largest absolute Gasteiger partial charge is 0.364 e. The number of rotatable bonds is 6. The lowest BCUT2D eigenvalue weighted by Crippen LogP contribution is -2.25. The highest BCUT2D eigenvalue weighted by Gasteiger charge is 2.31. The molecule has 0 N–H and O–H groups in total. The summed E-state index contributed by atoms with van der Waals surface area (Å²) >= 11 is 0. The van der Waals surface area contributed by atoms with E-state index in [-0.39, 0.29) is 11.6 Å². The highest BCUT2D eigenvalue weighted by Crippen LogP contribution is 2.29. The lowest BCUT2D eigenvalue weighted by molar-refractivity contribution is -0.389. The molecule has 0 spiro atoms. The van der Waals surface area contributed by atoms with Gasteiger partial charge in [0.15, 0.2) is 0 Å². The summed E-state index contributed by atoms with van der Waals surface area (Å²) in [6, 6.07) is 12.1. The van der Waals surface area contributed by atoms with Gasteiger partial charge in [-0.25, -0.2) is 19.9 Å². The Morgan fingerprint density at radius 1 is 0.636 bits per heavy atom. The number of nitrogens with zero attached hydrogens (tertiary/aromatic N) is 8. The van der Waals surface area contributed by atoms with Crippen molar-refractivity contribution >= 4 is 11.6 Å². The van der Waals surface area contributed by atoms with E-state index in [1.165, 1.54) is 36.7 Å². The first-order valence-electron chi connectivity index (χ1n) is 9.66. The highest BCUT2D eigenvalue weighted by molar-refractivity contribution is 5.56. The van der Waals surface area contributed by atoms with Gasteiger partial charge in [0.25, 0.3) is 0 Å². The fourth-order valence-electron chi connectivity index (χ4n) is 3.04. The minimum Gasteiger partial charge on any atom is -0.358 e. The van der Waals surface area contributed by atoms with Crippen molar-refractivity contribution in [1.29, 1.82) is 0 Å². The Morgan fingerprint density at radius 2 is 1.03 bits per heavy atom. The molecule has 4 aromatic rings. The predicted molar refractivity (Wildman–Crippen MR) is 116 cm³/mol. The first-order valence-corrected chi connectivity index (χ1v) is 9.66. The third kappa shape index (κ3) is 4.35. The first kappa shape index (κ1) is 21.5. The molecular weight excluding hydrogens is 428 g/mol. The van der Waals surface area contributed by atoms with Crippen LogP contribution in [0.1, 0.15) is 25.5 Å². The molecule has 12 heteroatoms. The molecule has 0 atom stereocenters. The smallest absolute Gasteiger partial charge is 0.358 e. The Labute approximate surface area is 186 Å². The zero-order valence-electron chi connectivity index (χ0n) is 17.5. The molecule has 0 fully saturated rings. The van der Waals surface area contributed by atoms with Crippen molar-refractivity contribution in [2.24, 2.45) is 0 Å². The molecule has 0 aliphatic carbocycles. The maximum atomic E-state index is 11.1. The van der Waals surface area contributed by atoms with E-state index in [1.54, 1.807) is 24.3 Å². The second kappa shape index (κ2) is 8.42. The third-order valence-corrected chi connectivity index (χ3v) is 4.80. The van der Waals surface area contributed by atoms with Crippen LogP contribution in [0.25, 0.3) is 22.8 Å². The number of hydrogen-bond donors (Lipinski definition) is 0. The second-order valence-electron chi connectivity index (χ2n) is 7.43. The van der Waals surface area contributed by atoms with Crippen LogP contribution in [-0.4, -0.2) is 39.8 Å². The Bertz CT molecular complexity index is 1270. The van der Waals surface area contributed by atoms with Gasteiger partial charge in [-0.15, -0.1) is 0 Å². The molecule has 0 radical (unpaired) electrons. The van der Waals surface area contributed by atoms with Gasteiger partial charge in [-0.3, -0.25) is 0 Å². The summed E-state index contributed by atoms with van der Waals surface area (Å²) in [5, 5.41) is 22.1. The molecule has 0 unspecified atom stereocenters. The molecule has 0 aliphatic rings. The molecule has 4 rings (SSSR count). The molecule has 12 nitrogen and oxygen atoms in total. The van der Waals surface area contributed by atoms with E-state index >= 15 is 0 Å². The number of nitro groups is 2. The minimum atomic E-state index is -0.868. The highest BCUT2D eigenvalue weighted by atomic mass is 16.6. The molecule has 0 saturated carbocycles. The van der Waals surface area contributed by atoms with Crippen LogP contribution in [0, 0.1) is 20.2 Å². The van der Waals surface area contributed by atoms with Crippen LogP contribution in [0.4, 0.5) is 11.6 Å². The van der Waals surface area contributed by atoms with Crippen LogP contribution < -0.4 is 0 Å². The molecule has 0 aliphatic heterocycles. The van der Waals surface area contributed by atoms with Crippen molar-refractivity contribution in [3.8, 4) is 22.8 Å². The Morgan fingerprint density at radius 3 is 1.42 bits per heavy atom. The number of pyridine rings is 2. The Kier molecular flexibility index (Phi) is 5.48. The van der Waals surface area contributed by atoms with E-state index in [0.717, 1.165) is 0 Å². The van der Waals surface area contributed by atoms with Gasteiger partial charge >= 0.3 is 11.6 Å². The van der Waals surface area contributed by atoms with Crippen molar-refractivity contribution in [2.45, 2.75) is 19.3 Å². The molecule has 164 valence electrons. The summed E-state index contributed by atoms with van der Waals surface area (Å²) in [5.41, 5.74) is 0.618. The van der Waals surface area contributed by atoms with E-state index in [2.05, 4.69) is 29.9 Å². The van der Waals surface area contributed by atoms with Crippen molar-refractivity contribution in [3.63, 3.8) is 0 Å². The zero-order chi connectivity index (χ0) is 23.6. The maximum Gasteiger partial charge on any atom is 0.364 e. The summed E-state index contributed by atoms with van der Waals surface area (Å²) in [4.78, 5) is 46.8. The molecule has 0 aromatic carbocycles. The van der Waals surface area contributed by atoms with Gasteiger partial charge in [-0.05, 0) is 70.1 Å². The molecule has 4 heterocycles. The van der Waals surface area contributed by atoms with E-state index < -0.39 is 15.3 Å². The van der Waals surface area contributed by atoms with Crippen molar-refractivity contribution in [2.75, 3.05) is 0 Å². The molecule has 0 saturated heterocycles. The van der Waals surface area contributed by atoms with Gasteiger partial charge in [0, 0.05) is 24.5 Å². The third-order valence-electron chi connectivity index (χ3n) is 4.80. The first-order chi connectivity index (χ1) is 15.8. The van der Waals surface area contributed by atoms with Crippen molar-refractivity contribution in [3.05, 3.63) is 92.8 Å². The van der Waals surface area contributed by atoms with Crippen LogP contribution in [0.3, 0.4) is 0 Å². The summed E-state index contributed by atoms with van der Waals surface area (Å²) < 4.78 is 0. The van der Waals surface area contributed by atoms with Gasteiger partial charge < -0.3 is 20.2 Å². The summed E-state index contributed by atoms with van der Waals surface area (Å²) in [7, 11) is 0. The number of aromatic nitrogens is 6. The molecular formula is C21H16N8O4. The van der Waals surface area contributed by atoms with Gasteiger partial charge in [0.2, 0.25) is 11.4 Å². The Balaban J connectivity index is 1.72. The van der Waals surface area contributed by atoms with Gasteiger partial charge in [0.1, 0.15) is 23.0 Å². The molecule has 0 amide bonds. The van der Waals surface area contributed by atoms with Gasteiger partial charge in [0.05, 0.1) is 5.41 Å². The fraction of sp³-hybridized carbons (Fsp3) is 0.143. The predicted octanol–water partition coefficient (Wildman–Crippen LogP) is 3.53. The SMILES string of the molecule is CC(C)(c1nccc(-c2cccc([N+](=O)[O-])n2)n1)c1nccc(-c2cccc([N+](=O)[O-])n2)n1. The normalized spacial score (nSPS) is 11.2. The zero-order valence-corrected chi connectivity index (χ0v) is 17.5. The van der Waals surface area contributed by atoms with Gasteiger partial charge in [-0.2, -0.15) is 0 Å². The molecule has 33 heavy (non-hydrogen) atoms. The topological polar surface area (TPSA) is 164 Å². The van der Waals surface area contributed by atoms with E-state index in [4.69, 9.17) is 0 Å². The van der Waals surface area contributed by atoms with Crippen LogP contribution >= 0.6 is 0 Å². The number of hydrogen-bond acceptors (Lipinski definition) is 10. The minimum absolute atomic E-state index is 0.285. The van der Waals surface area contributed by atoms with Crippen LogP contribution in [0.5, 0.6) is 0 Å². The summed E-state index contributed by atoms with van der Waals surface area (Å²) in [6.45, 7) is 3.65. The van der Waals surface area contributed by atoms with Crippen LogP contribution in [0.15, 0.2) is 60.9 Å². The lowest BCUT2D eigenvalue weighted by Gasteiger charge is -2.21. The summed E-state index contributed by atoms with van der Waals surface area (Å²) in [6.07, 6.45) is 3.07. The van der Waals surface area contributed by atoms with Crippen molar-refractivity contribution in [1.82, 2.24) is 29.9 Å². The van der Waals surface area contributed by atoms with Gasteiger partial charge in [-0.1, -0.05) is 0 Å². The van der Waals surface area contributed by atoms with E-state index in [0.29, 0.717) is 34.4 Å². The van der Waals surface area contributed by atoms with E-state index in [1.807, 2.05) is 13.8 Å². The average Bonchev–Trinajstić information content (AvgIpc) is 2.84. The standard InChI is InChI=1S/C21H16N8O4/c1-21(2,19-22-11-9-15(26-19)13-5-3-7-17(24-13)28(30)31)20-23-12-10-16(27-20)14-6-4-8-18(25-14)29(32)33/h3-12H,1-2H3.